The first-order chi connectivity index (χ1) is 9.07. The van der Waals surface area contributed by atoms with Gasteiger partial charge in [0.15, 0.2) is 9.84 Å². The summed E-state index contributed by atoms with van der Waals surface area (Å²) < 4.78 is 45.4. The van der Waals surface area contributed by atoms with Crippen LogP contribution in [0, 0.1) is 21.4 Å². The first-order valence-electron chi connectivity index (χ1n) is 4.98. The highest BCUT2D eigenvalue weighted by Crippen LogP contribution is 2.25. The van der Waals surface area contributed by atoms with Crippen LogP contribution >= 0.6 is 0 Å². The SMILES string of the molecule is N#Cc1ccc([N+](=O)[O-])c(S(=O)(=O)CCS(N)(=O)=O)c1. The summed E-state index contributed by atoms with van der Waals surface area (Å²) in [6.45, 7) is 0. The predicted molar refractivity (Wildman–Crippen MR) is 67.8 cm³/mol. The van der Waals surface area contributed by atoms with E-state index in [0.29, 0.717) is 0 Å². The lowest BCUT2D eigenvalue weighted by Crippen LogP contribution is -2.23. The Bertz CT molecular complexity index is 791. The molecular weight excluding hydrogens is 310 g/mol. The quantitative estimate of drug-likeness (QED) is 0.566. The number of rotatable bonds is 5. The Balaban J connectivity index is 3.36. The molecule has 0 aliphatic carbocycles. The highest BCUT2D eigenvalue weighted by atomic mass is 32.2. The minimum Gasteiger partial charge on any atom is -0.258 e. The molecule has 0 aromatic heterocycles. The van der Waals surface area contributed by atoms with Crippen molar-refractivity contribution in [3.8, 4) is 6.07 Å². The van der Waals surface area contributed by atoms with Crippen LogP contribution in [-0.4, -0.2) is 33.3 Å². The topological polar surface area (TPSA) is 161 Å². The number of nitriles is 1. The van der Waals surface area contributed by atoms with E-state index in [4.69, 9.17) is 10.4 Å². The summed E-state index contributed by atoms with van der Waals surface area (Å²) in [7, 11) is -8.28. The predicted octanol–water partition coefficient (Wildman–Crippen LogP) is -0.471. The molecule has 1 aromatic carbocycles. The third-order valence-electron chi connectivity index (χ3n) is 2.26. The van der Waals surface area contributed by atoms with Gasteiger partial charge >= 0.3 is 0 Å². The smallest absolute Gasteiger partial charge is 0.258 e. The van der Waals surface area contributed by atoms with Crippen LogP contribution in [-0.2, 0) is 19.9 Å². The molecule has 0 saturated heterocycles. The molecule has 0 aliphatic heterocycles. The molecule has 0 fully saturated rings. The largest absolute Gasteiger partial charge is 0.288 e. The van der Waals surface area contributed by atoms with Crippen LogP contribution in [0.25, 0.3) is 0 Å². The van der Waals surface area contributed by atoms with E-state index in [0.717, 1.165) is 18.2 Å². The van der Waals surface area contributed by atoms with E-state index in [1.807, 2.05) is 0 Å². The molecule has 0 amide bonds. The van der Waals surface area contributed by atoms with E-state index in [2.05, 4.69) is 0 Å². The summed E-state index contributed by atoms with van der Waals surface area (Å²) in [5.74, 6) is -1.77. The van der Waals surface area contributed by atoms with Gasteiger partial charge in [-0.3, -0.25) is 10.1 Å². The monoisotopic (exact) mass is 319 g/mol. The number of hydrogen-bond donors (Lipinski definition) is 1. The summed E-state index contributed by atoms with van der Waals surface area (Å²) in [5.41, 5.74) is -0.816. The standard InChI is InChI=1S/C9H9N3O6S2/c10-6-7-1-2-8(12(13)14)9(5-7)19(15,16)3-4-20(11,17)18/h1-2,5H,3-4H2,(H2,11,17,18). The molecule has 0 bridgehead atoms. The number of primary sulfonamides is 1. The van der Waals surface area contributed by atoms with E-state index in [1.54, 1.807) is 6.07 Å². The average molecular weight is 319 g/mol. The molecule has 0 heterocycles. The molecular formula is C9H9N3O6S2. The third kappa shape index (κ3) is 3.98. The van der Waals surface area contributed by atoms with E-state index >= 15 is 0 Å². The van der Waals surface area contributed by atoms with Crippen molar-refractivity contribution in [2.75, 3.05) is 11.5 Å². The van der Waals surface area contributed by atoms with Gasteiger partial charge in [0.2, 0.25) is 10.0 Å². The van der Waals surface area contributed by atoms with Crippen LogP contribution in [0.1, 0.15) is 5.56 Å². The molecule has 20 heavy (non-hydrogen) atoms. The highest BCUT2D eigenvalue weighted by Gasteiger charge is 2.27. The molecule has 1 rings (SSSR count). The first kappa shape index (κ1) is 16.0. The van der Waals surface area contributed by atoms with Crippen molar-refractivity contribution in [3.63, 3.8) is 0 Å². The van der Waals surface area contributed by atoms with Crippen molar-refractivity contribution in [1.82, 2.24) is 0 Å². The second kappa shape index (κ2) is 5.53. The van der Waals surface area contributed by atoms with Gasteiger partial charge in [0.25, 0.3) is 5.69 Å². The number of hydrogen-bond acceptors (Lipinski definition) is 7. The van der Waals surface area contributed by atoms with Gasteiger partial charge in [0, 0.05) is 6.07 Å². The van der Waals surface area contributed by atoms with Crippen molar-refractivity contribution in [3.05, 3.63) is 33.9 Å². The maximum atomic E-state index is 11.9. The zero-order valence-corrected chi connectivity index (χ0v) is 11.5. The van der Waals surface area contributed by atoms with Gasteiger partial charge in [-0.15, -0.1) is 0 Å². The molecule has 9 nitrogen and oxygen atoms in total. The molecule has 0 spiro atoms. The van der Waals surface area contributed by atoms with Crippen molar-refractivity contribution in [2.24, 2.45) is 5.14 Å². The van der Waals surface area contributed by atoms with Crippen molar-refractivity contribution < 1.29 is 21.8 Å². The highest BCUT2D eigenvalue weighted by molar-refractivity contribution is 7.94. The van der Waals surface area contributed by atoms with Gasteiger partial charge in [0.05, 0.1) is 28.1 Å². The van der Waals surface area contributed by atoms with Crippen LogP contribution in [0.3, 0.4) is 0 Å². The van der Waals surface area contributed by atoms with Crippen LogP contribution in [0.15, 0.2) is 23.1 Å². The number of nitrogens with two attached hydrogens (primary N) is 1. The Hall–Kier alpha value is -2.03. The summed E-state index contributed by atoms with van der Waals surface area (Å²) in [4.78, 5) is 9.16. The fraction of sp³-hybridized carbons (Fsp3) is 0.222. The lowest BCUT2D eigenvalue weighted by atomic mass is 10.2. The molecule has 0 saturated carbocycles. The Kier molecular flexibility index (Phi) is 4.43. The maximum Gasteiger partial charge on any atom is 0.288 e. The van der Waals surface area contributed by atoms with Crippen LogP contribution in [0.5, 0.6) is 0 Å². The van der Waals surface area contributed by atoms with Gasteiger partial charge in [-0.25, -0.2) is 22.0 Å². The van der Waals surface area contributed by atoms with Gasteiger partial charge < -0.3 is 0 Å². The minimum absolute atomic E-state index is 0.0928. The number of nitro benzene ring substituents is 1. The fourth-order valence-corrected chi connectivity index (χ4v) is 4.11. The van der Waals surface area contributed by atoms with E-state index in [1.165, 1.54) is 0 Å². The number of nitrogens with zero attached hydrogens (tertiary/aromatic N) is 2. The zero-order chi connectivity index (χ0) is 15.6. The van der Waals surface area contributed by atoms with Crippen LogP contribution in [0.2, 0.25) is 0 Å². The second-order valence-electron chi connectivity index (χ2n) is 3.74. The molecule has 2 N–H and O–H groups in total. The molecule has 0 radical (unpaired) electrons. The number of nitro groups is 1. The lowest BCUT2D eigenvalue weighted by molar-refractivity contribution is -0.387. The van der Waals surface area contributed by atoms with Gasteiger partial charge in [0.1, 0.15) is 4.90 Å². The normalized spacial score (nSPS) is 11.8. The van der Waals surface area contributed by atoms with Crippen molar-refractivity contribution in [2.45, 2.75) is 4.90 Å². The van der Waals surface area contributed by atoms with Crippen molar-refractivity contribution >= 4 is 25.5 Å². The third-order valence-corrected chi connectivity index (χ3v) is 5.03. The van der Waals surface area contributed by atoms with Gasteiger partial charge in [-0.2, -0.15) is 5.26 Å². The Morgan fingerprint density at radius 2 is 1.85 bits per heavy atom. The molecule has 1 aromatic rings. The Labute approximate surface area is 114 Å². The lowest BCUT2D eigenvalue weighted by Gasteiger charge is -2.05. The molecule has 108 valence electrons. The first-order valence-corrected chi connectivity index (χ1v) is 8.35. The minimum atomic E-state index is -4.25. The molecule has 0 aliphatic rings. The van der Waals surface area contributed by atoms with E-state index in [9.17, 15) is 26.9 Å². The zero-order valence-electron chi connectivity index (χ0n) is 9.88. The molecule has 0 unspecified atom stereocenters. The van der Waals surface area contributed by atoms with Crippen LogP contribution in [0.4, 0.5) is 5.69 Å². The van der Waals surface area contributed by atoms with Gasteiger partial charge in [-0.1, -0.05) is 0 Å². The summed E-state index contributed by atoms with van der Waals surface area (Å²) in [6, 6.07) is 4.45. The van der Waals surface area contributed by atoms with E-state index < -0.39 is 46.9 Å². The summed E-state index contributed by atoms with van der Waals surface area (Å²) in [5, 5.41) is 24.2. The Morgan fingerprint density at radius 3 is 2.30 bits per heavy atom. The fourth-order valence-electron chi connectivity index (χ4n) is 1.32. The van der Waals surface area contributed by atoms with Crippen LogP contribution < -0.4 is 5.14 Å². The molecule has 11 heteroatoms. The Morgan fingerprint density at radius 1 is 1.25 bits per heavy atom. The van der Waals surface area contributed by atoms with Crippen molar-refractivity contribution in [1.29, 1.82) is 5.26 Å². The van der Waals surface area contributed by atoms with Gasteiger partial charge in [-0.05, 0) is 12.1 Å². The summed E-state index contributed by atoms with van der Waals surface area (Å²) in [6.07, 6.45) is 0. The van der Waals surface area contributed by atoms with E-state index in [-0.39, 0.29) is 5.56 Å². The second-order valence-corrected chi connectivity index (χ2v) is 7.55. The number of sulfone groups is 1. The average Bonchev–Trinajstić information content (AvgIpc) is 2.35. The number of sulfonamides is 1. The summed E-state index contributed by atoms with van der Waals surface area (Å²) >= 11 is 0. The molecule has 0 atom stereocenters. The number of benzene rings is 1. The maximum absolute atomic E-state index is 11.9.